The van der Waals surface area contributed by atoms with Gasteiger partial charge in [0.05, 0.1) is 13.2 Å². The molecule has 0 aromatic heterocycles. The molecule has 0 amide bonds. The van der Waals surface area contributed by atoms with Gasteiger partial charge in [0.15, 0.2) is 6.29 Å². The maximum Gasteiger partial charge on any atom is 0.474 e. The largest absolute Gasteiger partial charge is 0.474 e. The maximum absolute atomic E-state index is 12.3. The first-order chi connectivity index (χ1) is 23.8. The van der Waals surface area contributed by atoms with E-state index in [2.05, 4.69) is 41.5 Å². The van der Waals surface area contributed by atoms with Crippen LogP contribution in [0, 0.1) is 29.6 Å². The summed E-state index contributed by atoms with van der Waals surface area (Å²) < 4.78 is 27.4. The van der Waals surface area contributed by atoms with Gasteiger partial charge in [-0.3, -0.25) is 9.05 Å². The van der Waals surface area contributed by atoms with Crippen LogP contribution in [0.3, 0.4) is 0 Å². The zero-order chi connectivity index (χ0) is 37.4. The minimum atomic E-state index is -4.58. The second-order valence-electron chi connectivity index (χ2n) is 16.4. The van der Waals surface area contributed by atoms with E-state index in [0.717, 1.165) is 36.5 Å². The molecule has 0 bridgehead atoms. The number of rotatable bonds is 32. The number of aliphatic hydroxyl groups is 4. The first-order valence-corrected chi connectivity index (χ1v) is 22.2. The Labute approximate surface area is 307 Å². The Bertz CT molecular complexity index is 846. The Balaban J connectivity index is 2.04. The van der Waals surface area contributed by atoms with Gasteiger partial charge in [-0.1, -0.05) is 170 Å². The molecule has 1 heterocycles. The number of hydrogen-bond acceptors (Lipinski definition) is 8. The lowest BCUT2D eigenvalue weighted by molar-refractivity contribution is -0.281. The quantitative estimate of drug-likeness (QED) is 0.0337. The summed E-state index contributed by atoms with van der Waals surface area (Å²) in [6, 6.07) is 0. The molecule has 300 valence electrons. The van der Waals surface area contributed by atoms with Crippen LogP contribution in [-0.2, 0) is 18.3 Å². The minimum Gasteiger partial charge on any atom is -0.394 e. The van der Waals surface area contributed by atoms with E-state index in [4.69, 9.17) is 13.8 Å². The van der Waals surface area contributed by atoms with E-state index >= 15 is 0 Å². The van der Waals surface area contributed by atoms with E-state index in [1.54, 1.807) is 0 Å². The van der Waals surface area contributed by atoms with Gasteiger partial charge in [-0.2, -0.15) is 0 Å². The van der Waals surface area contributed by atoms with Crippen LogP contribution in [0.2, 0.25) is 0 Å². The van der Waals surface area contributed by atoms with Crippen LogP contribution in [-0.4, -0.2) is 69.2 Å². The fraction of sp³-hybridized carbons (Fsp3) is 1.00. The molecule has 5 N–H and O–H groups in total. The number of unbranched alkanes of at least 4 members (excludes halogenated alkanes) is 6. The third-order valence-corrected chi connectivity index (χ3v) is 12.0. The summed E-state index contributed by atoms with van der Waals surface area (Å²) in [5.41, 5.74) is 0. The number of ether oxygens (including phenoxy) is 1. The van der Waals surface area contributed by atoms with E-state index in [1.807, 2.05) is 0 Å². The lowest BCUT2D eigenvalue weighted by atomic mass is 9.89. The molecule has 0 radical (unpaired) electrons. The topological polar surface area (TPSA) is 146 Å². The van der Waals surface area contributed by atoms with Crippen LogP contribution >= 0.6 is 7.82 Å². The van der Waals surface area contributed by atoms with Crippen molar-refractivity contribution < 1.29 is 43.7 Å². The molecular weight excluding hydrogens is 655 g/mol. The van der Waals surface area contributed by atoms with Crippen LogP contribution in [0.4, 0.5) is 0 Å². The highest BCUT2D eigenvalue weighted by Crippen LogP contribution is 2.46. The average Bonchev–Trinajstić information content (AvgIpc) is 3.06. The van der Waals surface area contributed by atoms with Crippen molar-refractivity contribution >= 4 is 7.82 Å². The van der Waals surface area contributed by atoms with Gasteiger partial charge in [-0.05, 0) is 42.4 Å². The summed E-state index contributed by atoms with van der Waals surface area (Å²) in [6.45, 7) is 13.5. The minimum absolute atomic E-state index is 0.00170. The molecule has 1 saturated heterocycles. The first kappa shape index (κ1) is 47.9. The Hall–Kier alpha value is -0.0900. The molecule has 1 aliphatic heterocycles. The summed E-state index contributed by atoms with van der Waals surface area (Å²) in [5, 5.41) is 38.9. The first-order valence-electron chi connectivity index (χ1n) is 20.8. The normalized spacial score (nSPS) is 25.5. The van der Waals surface area contributed by atoms with E-state index in [9.17, 15) is 29.9 Å². The van der Waals surface area contributed by atoms with Crippen LogP contribution < -0.4 is 0 Å². The van der Waals surface area contributed by atoms with Gasteiger partial charge in [-0.15, -0.1) is 0 Å². The zero-order valence-electron chi connectivity index (χ0n) is 33.1. The molecule has 0 aliphatic carbocycles. The second-order valence-corrected chi connectivity index (χ2v) is 17.8. The van der Waals surface area contributed by atoms with Crippen LogP contribution in [0.5, 0.6) is 0 Å². The summed E-state index contributed by atoms with van der Waals surface area (Å²) in [7, 11) is -4.58. The molecule has 0 saturated carbocycles. The monoisotopic (exact) mass is 737 g/mol. The van der Waals surface area contributed by atoms with Gasteiger partial charge < -0.3 is 30.1 Å². The third kappa shape index (κ3) is 22.9. The summed E-state index contributed by atoms with van der Waals surface area (Å²) in [6.07, 6.45) is 20.5. The molecule has 0 aromatic carbocycles. The molecular formula is C40H81O9P. The molecule has 9 nitrogen and oxygen atoms in total. The van der Waals surface area contributed by atoms with Crippen molar-refractivity contribution in [2.24, 2.45) is 29.6 Å². The van der Waals surface area contributed by atoms with Crippen molar-refractivity contribution in [3.05, 3.63) is 0 Å². The molecule has 10 heteroatoms. The van der Waals surface area contributed by atoms with Crippen molar-refractivity contribution in [3.63, 3.8) is 0 Å². The molecule has 50 heavy (non-hydrogen) atoms. The predicted molar refractivity (Wildman–Crippen MR) is 204 cm³/mol. The predicted octanol–water partition coefficient (Wildman–Crippen LogP) is 9.70. The van der Waals surface area contributed by atoms with E-state index in [-0.39, 0.29) is 6.61 Å². The van der Waals surface area contributed by atoms with Gasteiger partial charge >= 0.3 is 7.82 Å². The number of hydrogen-bond donors (Lipinski definition) is 5. The average molecular weight is 737 g/mol. The lowest BCUT2D eigenvalue weighted by Crippen LogP contribution is -2.58. The Morgan fingerprint density at radius 2 is 0.940 bits per heavy atom. The third-order valence-electron chi connectivity index (χ3n) is 11.1. The Kier molecular flexibility index (Phi) is 27.2. The van der Waals surface area contributed by atoms with Crippen LogP contribution in [0.15, 0.2) is 0 Å². The van der Waals surface area contributed by atoms with Gasteiger partial charge in [0, 0.05) is 0 Å². The van der Waals surface area contributed by atoms with Gasteiger partial charge in [0.2, 0.25) is 0 Å². The molecule has 1 aliphatic rings. The molecule has 0 spiro atoms. The number of phosphoric acid groups is 1. The standard InChI is InChI=1S/C40H81O9P/c1-7-8-9-10-11-12-13-19-31(2)20-14-21-32(3)22-15-23-33(4)24-16-25-34(5)26-17-27-35(6)28-18-29-47-50(45,46)49-40-39(44)38(43)37(42)36(30-41)48-40/h31-44H,7-30H2,1-6H3,(H,45,46)/t31-,32-,33-,34-,35-,36+,37+,38-,39-,40+/m0/s1. The van der Waals surface area contributed by atoms with Crippen molar-refractivity contribution in [3.8, 4) is 0 Å². The van der Waals surface area contributed by atoms with Crippen molar-refractivity contribution in [1.29, 1.82) is 0 Å². The maximum atomic E-state index is 12.3. The molecule has 1 fully saturated rings. The highest BCUT2D eigenvalue weighted by atomic mass is 31.2. The molecule has 11 atom stereocenters. The molecule has 0 aromatic rings. The van der Waals surface area contributed by atoms with E-state index < -0.39 is 45.1 Å². The zero-order valence-corrected chi connectivity index (χ0v) is 34.0. The van der Waals surface area contributed by atoms with Crippen molar-refractivity contribution in [2.75, 3.05) is 13.2 Å². The van der Waals surface area contributed by atoms with Crippen LogP contribution in [0.1, 0.15) is 183 Å². The Morgan fingerprint density at radius 1 is 0.560 bits per heavy atom. The van der Waals surface area contributed by atoms with E-state index in [1.165, 1.54) is 122 Å². The SMILES string of the molecule is CCCCCCCCC[C@H](C)CCC[C@H](C)CCC[C@H](C)CCC[C@H](C)CCC[C@H](C)CCCOP(=O)(O)O[C@H]1O[C@H](CO)[C@@H](O)[C@H](O)[C@@H]1O. The lowest BCUT2D eigenvalue weighted by Gasteiger charge is -2.39. The van der Waals surface area contributed by atoms with Gasteiger partial charge in [0.25, 0.3) is 0 Å². The van der Waals surface area contributed by atoms with Crippen molar-refractivity contribution in [2.45, 2.75) is 214 Å². The summed E-state index contributed by atoms with van der Waals surface area (Å²) in [4.78, 5) is 10.0. The highest BCUT2D eigenvalue weighted by molar-refractivity contribution is 7.47. The molecule has 1 unspecified atom stereocenters. The highest BCUT2D eigenvalue weighted by Gasteiger charge is 2.46. The van der Waals surface area contributed by atoms with Gasteiger partial charge in [-0.25, -0.2) is 4.57 Å². The second kappa shape index (κ2) is 28.4. The number of phosphoric ester groups is 1. The Morgan fingerprint density at radius 3 is 1.36 bits per heavy atom. The van der Waals surface area contributed by atoms with E-state index in [0.29, 0.717) is 12.3 Å². The van der Waals surface area contributed by atoms with Gasteiger partial charge in [0.1, 0.15) is 24.4 Å². The summed E-state index contributed by atoms with van der Waals surface area (Å²) in [5.74, 6) is 3.76. The summed E-state index contributed by atoms with van der Waals surface area (Å²) >= 11 is 0. The smallest absolute Gasteiger partial charge is 0.394 e. The van der Waals surface area contributed by atoms with Crippen LogP contribution in [0.25, 0.3) is 0 Å². The fourth-order valence-corrected chi connectivity index (χ4v) is 8.22. The number of aliphatic hydroxyl groups excluding tert-OH is 4. The fourth-order valence-electron chi connectivity index (χ4n) is 7.36. The molecule has 1 rings (SSSR count). The van der Waals surface area contributed by atoms with Crippen molar-refractivity contribution in [1.82, 2.24) is 0 Å².